The summed E-state index contributed by atoms with van der Waals surface area (Å²) in [4.78, 5) is 11.7. The number of hydrogen-bond acceptors (Lipinski definition) is 2. The monoisotopic (exact) mass is 293 g/mol. The maximum Gasteiger partial charge on any atom is 0.199 e. The molecule has 2 aromatic heterocycles. The Balaban J connectivity index is 2.14. The highest BCUT2D eigenvalue weighted by molar-refractivity contribution is 7.17. The lowest BCUT2D eigenvalue weighted by molar-refractivity contribution is 0.602. The summed E-state index contributed by atoms with van der Waals surface area (Å²) in [6.45, 7) is 0.305. The quantitative estimate of drug-likeness (QED) is 0.702. The number of benzene rings is 1. The molecule has 0 aliphatic carbocycles. The van der Waals surface area contributed by atoms with Crippen LogP contribution >= 0.6 is 22.9 Å². The van der Waals surface area contributed by atoms with Crippen molar-refractivity contribution >= 4 is 33.2 Å². The number of hydrogen-bond donors (Lipinski definition) is 0. The minimum absolute atomic E-state index is 0.0131. The molecular weight excluding hydrogens is 285 g/mol. The molecular formula is C14H9ClFNOS. The van der Waals surface area contributed by atoms with Gasteiger partial charge in [-0.2, -0.15) is 0 Å². The lowest BCUT2D eigenvalue weighted by atomic mass is 10.2. The third kappa shape index (κ3) is 2.17. The van der Waals surface area contributed by atoms with Gasteiger partial charge in [-0.3, -0.25) is 4.79 Å². The summed E-state index contributed by atoms with van der Waals surface area (Å²) in [5, 5.41) is 2.24. The predicted octanol–water partition coefficient (Wildman–Crippen LogP) is 3.90. The third-order valence-corrected chi connectivity index (χ3v) is 4.25. The summed E-state index contributed by atoms with van der Waals surface area (Å²) >= 11 is 7.41. The Morgan fingerprint density at radius 2 is 2.11 bits per heavy atom. The molecule has 0 fully saturated rings. The normalized spacial score (nSPS) is 11.1. The molecule has 0 unspecified atom stereocenters. The summed E-state index contributed by atoms with van der Waals surface area (Å²) in [6, 6.07) is 7.97. The number of fused-ring (bicyclic) bond motifs is 1. The van der Waals surface area contributed by atoms with Crippen LogP contribution < -0.4 is 5.43 Å². The zero-order valence-electron chi connectivity index (χ0n) is 9.77. The molecule has 0 N–H and O–H groups in total. The molecule has 0 saturated heterocycles. The first-order valence-corrected chi connectivity index (χ1v) is 6.92. The Morgan fingerprint density at radius 1 is 1.26 bits per heavy atom. The van der Waals surface area contributed by atoms with E-state index in [1.54, 1.807) is 18.3 Å². The van der Waals surface area contributed by atoms with E-state index in [2.05, 4.69) is 0 Å². The van der Waals surface area contributed by atoms with Crippen molar-refractivity contribution in [3.05, 3.63) is 68.5 Å². The van der Waals surface area contributed by atoms with Crippen molar-refractivity contribution in [2.75, 3.05) is 0 Å². The maximum atomic E-state index is 13.8. The van der Waals surface area contributed by atoms with Gasteiger partial charge in [0.1, 0.15) is 5.82 Å². The Bertz CT molecular complexity index is 788. The molecule has 2 heterocycles. The van der Waals surface area contributed by atoms with Crippen LogP contribution in [-0.4, -0.2) is 4.57 Å². The molecule has 5 heteroatoms. The fourth-order valence-electron chi connectivity index (χ4n) is 2.02. The van der Waals surface area contributed by atoms with Crippen LogP contribution in [0.1, 0.15) is 5.56 Å². The van der Waals surface area contributed by atoms with E-state index in [4.69, 9.17) is 11.6 Å². The molecule has 3 rings (SSSR count). The molecule has 0 aliphatic heterocycles. The Labute approximate surface area is 117 Å². The summed E-state index contributed by atoms with van der Waals surface area (Å²) in [5.74, 6) is -0.338. The molecule has 0 spiro atoms. The van der Waals surface area contributed by atoms with Gasteiger partial charge in [0, 0.05) is 22.8 Å². The second-order valence-electron chi connectivity index (χ2n) is 4.14. The van der Waals surface area contributed by atoms with Gasteiger partial charge in [0.05, 0.1) is 16.8 Å². The van der Waals surface area contributed by atoms with E-state index in [-0.39, 0.29) is 11.2 Å². The number of rotatable bonds is 2. The molecule has 19 heavy (non-hydrogen) atoms. The van der Waals surface area contributed by atoms with Gasteiger partial charge in [-0.25, -0.2) is 4.39 Å². The Kier molecular flexibility index (Phi) is 3.12. The van der Waals surface area contributed by atoms with Gasteiger partial charge in [0.2, 0.25) is 0 Å². The highest BCUT2D eigenvalue weighted by atomic mass is 35.5. The van der Waals surface area contributed by atoms with Gasteiger partial charge in [-0.05, 0) is 23.6 Å². The minimum atomic E-state index is -0.338. The zero-order valence-corrected chi connectivity index (χ0v) is 11.3. The van der Waals surface area contributed by atoms with E-state index >= 15 is 0 Å². The van der Waals surface area contributed by atoms with Crippen LogP contribution in [0.4, 0.5) is 4.39 Å². The van der Waals surface area contributed by atoms with E-state index in [0.717, 1.165) is 5.52 Å². The molecule has 0 radical (unpaired) electrons. The van der Waals surface area contributed by atoms with Crippen molar-refractivity contribution < 1.29 is 4.39 Å². The molecule has 96 valence electrons. The smallest absolute Gasteiger partial charge is 0.199 e. The van der Waals surface area contributed by atoms with Gasteiger partial charge in [0.25, 0.3) is 0 Å². The molecule has 0 atom stereocenters. The van der Waals surface area contributed by atoms with Gasteiger partial charge in [-0.1, -0.05) is 17.7 Å². The topological polar surface area (TPSA) is 22.0 Å². The average Bonchev–Trinajstić information content (AvgIpc) is 2.87. The summed E-state index contributed by atoms with van der Waals surface area (Å²) in [7, 11) is 0. The number of thiophene rings is 1. The van der Waals surface area contributed by atoms with Crippen LogP contribution in [0.25, 0.3) is 10.2 Å². The zero-order chi connectivity index (χ0) is 13.4. The molecule has 1 aromatic carbocycles. The lowest BCUT2D eigenvalue weighted by Crippen LogP contribution is -2.08. The molecule has 0 bridgehead atoms. The van der Waals surface area contributed by atoms with E-state index in [1.807, 2.05) is 16.0 Å². The highest BCUT2D eigenvalue weighted by Crippen LogP contribution is 2.23. The van der Waals surface area contributed by atoms with Crippen molar-refractivity contribution in [3.63, 3.8) is 0 Å². The molecule has 3 aromatic rings. The van der Waals surface area contributed by atoms with Gasteiger partial charge < -0.3 is 4.57 Å². The van der Waals surface area contributed by atoms with Crippen LogP contribution in [0, 0.1) is 5.82 Å². The van der Waals surface area contributed by atoms with Crippen molar-refractivity contribution in [1.29, 1.82) is 0 Å². The van der Waals surface area contributed by atoms with E-state index in [1.165, 1.54) is 23.5 Å². The first-order chi connectivity index (χ1) is 9.16. The van der Waals surface area contributed by atoms with Crippen molar-refractivity contribution in [2.24, 2.45) is 0 Å². The number of pyridine rings is 1. The second kappa shape index (κ2) is 4.79. The van der Waals surface area contributed by atoms with Crippen LogP contribution in [0.3, 0.4) is 0 Å². The fourth-order valence-corrected chi connectivity index (χ4v) is 3.06. The van der Waals surface area contributed by atoms with Crippen LogP contribution in [0.15, 0.2) is 46.7 Å². The predicted molar refractivity (Wildman–Crippen MR) is 76.6 cm³/mol. The highest BCUT2D eigenvalue weighted by Gasteiger charge is 2.10. The number of aromatic nitrogens is 1. The van der Waals surface area contributed by atoms with E-state index in [0.29, 0.717) is 21.8 Å². The molecule has 0 amide bonds. The van der Waals surface area contributed by atoms with Gasteiger partial charge in [-0.15, -0.1) is 11.3 Å². The molecule has 2 nitrogen and oxygen atoms in total. The van der Waals surface area contributed by atoms with E-state index in [9.17, 15) is 9.18 Å². The minimum Gasteiger partial charge on any atom is -0.342 e. The summed E-state index contributed by atoms with van der Waals surface area (Å²) in [5.41, 5.74) is 1.22. The largest absolute Gasteiger partial charge is 0.342 e. The standard InChI is InChI=1S/C14H9ClFNOS/c15-10-2-1-3-11(16)9(10)8-17-6-4-13(18)14-12(17)5-7-19-14/h1-7H,8H2. The van der Waals surface area contributed by atoms with Crippen molar-refractivity contribution in [1.82, 2.24) is 4.57 Å². The van der Waals surface area contributed by atoms with Crippen LogP contribution in [0.2, 0.25) is 5.02 Å². The fraction of sp³-hybridized carbons (Fsp3) is 0.0714. The first kappa shape index (κ1) is 12.4. The second-order valence-corrected chi connectivity index (χ2v) is 5.47. The SMILES string of the molecule is O=c1ccn(Cc2c(F)cccc2Cl)c2ccsc12. The summed E-state index contributed by atoms with van der Waals surface area (Å²) < 4.78 is 16.3. The molecule has 0 aliphatic rings. The van der Waals surface area contributed by atoms with Crippen molar-refractivity contribution in [2.45, 2.75) is 6.54 Å². The lowest BCUT2D eigenvalue weighted by Gasteiger charge is -2.10. The number of nitrogens with zero attached hydrogens (tertiary/aromatic N) is 1. The van der Waals surface area contributed by atoms with Gasteiger partial charge >= 0.3 is 0 Å². The third-order valence-electron chi connectivity index (χ3n) is 2.97. The van der Waals surface area contributed by atoms with Crippen LogP contribution in [-0.2, 0) is 6.54 Å². The van der Waals surface area contributed by atoms with Gasteiger partial charge in [0.15, 0.2) is 5.43 Å². The van der Waals surface area contributed by atoms with E-state index < -0.39 is 0 Å². The van der Waals surface area contributed by atoms with Crippen LogP contribution in [0.5, 0.6) is 0 Å². The maximum absolute atomic E-state index is 13.8. The first-order valence-electron chi connectivity index (χ1n) is 5.66. The average molecular weight is 294 g/mol. The Hall–Kier alpha value is -1.65. The summed E-state index contributed by atoms with van der Waals surface area (Å²) in [6.07, 6.45) is 1.67. The Morgan fingerprint density at radius 3 is 2.89 bits per heavy atom. The number of halogens is 2. The van der Waals surface area contributed by atoms with Crippen molar-refractivity contribution in [3.8, 4) is 0 Å². The molecule has 0 saturated carbocycles.